The van der Waals surface area contributed by atoms with E-state index in [9.17, 15) is 9.59 Å². The van der Waals surface area contributed by atoms with Gasteiger partial charge in [-0.15, -0.1) is 0 Å². The summed E-state index contributed by atoms with van der Waals surface area (Å²) < 4.78 is 5.21. The molecule has 1 aromatic carbocycles. The summed E-state index contributed by atoms with van der Waals surface area (Å²) in [6.45, 7) is 5.39. The zero-order valence-electron chi connectivity index (χ0n) is 13.2. The second kappa shape index (κ2) is 8.78. The number of anilines is 2. The van der Waals surface area contributed by atoms with Gasteiger partial charge >= 0.3 is 6.09 Å². The molecule has 1 aromatic rings. The van der Waals surface area contributed by atoms with Gasteiger partial charge in [0.05, 0.1) is 11.4 Å². The highest BCUT2D eigenvalue weighted by atomic mass is 79.9. The van der Waals surface area contributed by atoms with Crippen molar-refractivity contribution in [2.75, 3.05) is 16.0 Å². The minimum Gasteiger partial charge on any atom is -0.444 e. The first-order valence-corrected chi connectivity index (χ1v) is 8.39. The van der Waals surface area contributed by atoms with Crippen molar-refractivity contribution in [2.45, 2.75) is 45.6 Å². The molecular weight excluding hydrogens is 348 g/mol. The van der Waals surface area contributed by atoms with Crippen LogP contribution in [0.4, 0.5) is 16.2 Å². The Morgan fingerprint density at radius 1 is 1.09 bits per heavy atom. The van der Waals surface area contributed by atoms with Crippen LogP contribution in [-0.2, 0) is 9.53 Å². The molecule has 0 unspecified atom stereocenters. The molecule has 5 nitrogen and oxygen atoms in total. The maximum Gasteiger partial charge on any atom is 0.412 e. The quantitative estimate of drug-likeness (QED) is 0.570. The minimum atomic E-state index is -0.571. The van der Waals surface area contributed by atoms with E-state index < -0.39 is 11.7 Å². The summed E-state index contributed by atoms with van der Waals surface area (Å²) in [7, 11) is 0. The van der Waals surface area contributed by atoms with Gasteiger partial charge in [-0.1, -0.05) is 28.1 Å². The Hall–Kier alpha value is -1.56. The van der Waals surface area contributed by atoms with E-state index in [1.54, 1.807) is 45.0 Å². The van der Waals surface area contributed by atoms with E-state index in [2.05, 4.69) is 26.6 Å². The van der Waals surface area contributed by atoms with E-state index >= 15 is 0 Å². The third-order valence-corrected chi connectivity index (χ3v) is 3.18. The Labute approximate surface area is 139 Å². The van der Waals surface area contributed by atoms with Crippen molar-refractivity contribution in [1.82, 2.24) is 0 Å². The van der Waals surface area contributed by atoms with Crippen molar-refractivity contribution in [3.05, 3.63) is 24.3 Å². The molecule has 0 heterocycles. The van der Waals surface area contributed by atoms with E-state index in [1.807, 2.05) is 0 Å². The zero-order chi connectivity index (χ0) is 16.6. The number of nitrogens with one attached hydrogen (secondary N) is 2. The molecule has 6 heteroatoms. The van der Waals surface area contributed by atoms with Crippen molar-refractivity contribution in [3.8, 4) is 0 Å². The van der Waals surface area contributed by atoms with Gasteiger partial charge in [0.15, 0.2) is 0 Å². The van der Waals surface area contributed by atoms with Gasteiger partial charge in [0.1, 0.15) is 5.60 Å². The summed E-state index contributed by atoms with van der Waals surface area (Å²) in [5, 5.41) is 6.36. The van der Waals surface area contributed by atoms with Crippen LogP contribution in [0.25, 0.3) is 0 Å². The smallest absolute Gasteiger partial charge is 0.412 e. The summed E-state index contributed by atoms with van der Waals surface area (Å²) in [4.78, 5) is 23.7. The van der Waals surface area contributed by atoms with Crippen LogP contribution < -0.4 is 10.6 Å². The molecule has 1 rings (SSSR count). The second-order valence-corrected chi connectivity index (χ2v) is 6.66. The Morgan fingerprint density at radius 3 is 2.23 bits per heavy atom. The van der Waals surface area contributed by atoms with Gasteiger partial charge in [-0.2, -0.15) is 0 Å². The van der Waals surface area contributed by atoms with Gasteiger partial charge in [0.2, 0.25) is 5.91 Å². The van der Waals surface area contributed by atoms with Crippen LogP contribution in [0.5, 0.6) is 0 Å². The summed E-state index contributed by atoms with van der Waals surface area (Å²) in [5.41, 5.74) is 0.514. The van der Waals surface area contributed by atoms with Crippen LogP contribution in [0.1, 0.15) is 40.0 Å². The second-order valence-electron chi connectivity index (χ2n) is 5.87. The Morgan fingerprint density at radius 2 is 1.68 bits per heavy atom. The van der Waals surface area contributed by atoms with E-state index in [-0.39, 0.29) is 5.91 Å². The van der Waals surface area contributed by atoms with Crippen LogP contribution in [0.3, 0.4) is 0 Å². The molecule has 0 saturated carbocycles. The fraction of sp³-hybridized carbons (Fsp3) is 0.500. The van der Waals surface area contributed by atoms with Crippen molar-refractivity contribution in [1.29, 1.82) is 0 Å². The number of hydrogen-bond acceptors (Lipinski definition) is 3. The fourth-order valence-electron chi connectivity index (χ4n) is 1.71. The fourth-order valence-corrected chi connectivity index (χ4v) is 2.10. The van der Waals surface area contributed by atoms with Crippen molar-refractivity contribution >= 4 is 39.3 Å². The molecule has 0 aliphatic heterocycles. The third-order valence-electron chi connectivity index (χ3n) is 2.62. The average Bonchev–Trinajstić information content (AvgIpc) is 2.39. The van der Waals surface area contributed by atoms with Crippen molar-refractivity contribution in [3.63, 3.8) is 0 Å². The van der Waals surface area contributed by atoms with Crippen LogP contribution in [0, 0.1) is 0 Å². The molecule has 0 aromatic heterocycles. The summed E-state index contributed by atoms with van der Waals surface area (Å²) in [6, 6.07) is 7.05. The number of amides is 2. The minimum absolute atomic E-state index is 0.0700. The molecule has 0 bridgehead atoms. The van der Waals surface area contributed by atoms with Crippen LogP contribution in [0.2, 0.25) is 0 Å². The first-order valence-electron chi connectivity index (χ1n) is 7.26. The number of rotatable bonds is 6. The highest BCUT2D eigenvalue weighted by molar-refractivity contribution is 9.09. The number of alkyl halides is 1. The molecule has 0 aliphatic carbocycles. The van der Waals surface area contributed by atoms with Gasteiger partial charge in [-0.25, -0.2) is 4.79 Å². The SMILES string of the molecule is CC(C)(C)OC(=O)Nc1ccccc1NC(=O)CCCCBr. The zero-order valence-corrected chi connectivity index (χ0v) is 14.8. The van der Waals surface area contributed by atoms with Gasteiger partial charge in [0.25, 0.3) is 0 Å². The van der Waals surface area contributed by atoms with E-state index in [4.69, 9.17) is 4.74 Å². The lowest BCUT2D eigenvalue weighted by Gasteiger charge is -2.20. The Kier molecular flexibility index (Phi) is 7.38. The monoisotopic (exact) mass is 370 g/mol. The number of hydrogen-bond donors (Lipinski definition) is 2. The number of halogens is 1. The molecule has 0 atom stereocenters. The Balaban J connectivity index is 2.65. The summed E-state index contributed by atoms with van der Waals surface area (Å²) in [5.74, 6) is -0.0700. The maximum absolute atomic E-state index is 11.9. The maximum atomic E-state index is 11.9. The van der Waals surface area contributed by atoms with Gasteiger partial charge in [0, 0.05) is 11.8 Å². The van der Waals surface area contributed by atoms with Crippen molar-refractivity contribution < 1.29 is 14.3 Å². The largest absolute Gasteiger partial charge is 0.444 e. The lowest BCUT2D eigenvalue weighted by atomic mass is 10.2. The van der Waals surface area contributed by atoms with Gasteiger partial charge < -0.3 is 10.1 Å². The number of para-hydroxylation sites is 2. The van der Waals surface area contributed by atoms with E-state index in [0.717, 1.165) is 18.2 Å². The molecule has 22 heavy (non-hydrogen) atoms. The highest BCUT2D eigenvalue weighted by Gasteiger charge is 2.17. The van der Waals surface area contributed by atoms with Gasteiger partial charge in [-0.3, -0.25) is 10.1 Å². The first-order chi connectivity index (χ1) is 10.3. The molecule has 0 radical (unpaired) electrons. The average molecular weight is 371 g/mol. The topological polar surface area (TPSA) is 67.4 Å². The number of carbonyl (C=O) groups is 2. The number of ether oxygens (including phenoxy) is 1. The number of benzene rings is 1. The standard InChI is InChI=1S/C16H23BrN2O3/c1-16(2,3)22-15(21)19-13-9-5-4-8-12(13)18-14(20)10-6-7-11-17/h4-5,8-9H,6-7,10-11H2,1-3H3,(H,18,20)(H,19,21). The summed E-state index contributed by atoms with van der Waals surface area (Å²) >= 11 is 3.34. The normalized spacial score (nSPS) is 10.9. The van der Waals surface area contributed by atoms with Crippen LogP contribution in [0.15, 0.2) is 24.3 Å². The lowest BCUT2D eigenvalue weighted by molar-refractivity contribution is -0.116. The molecule has 2 N–H and O–H groups in total. The molecule has 2 amide bonds. The predicted octanol–water partition coefficient (Wildman–Crippen LogP) is 4.54. The molecular formula is C16H23BrN2O3. The highest BCUT2D eigenvalue weighted by Crippen LogP contribution is 2.22. The first kappa shape index (κ1) is 18.5. The predicted molar refractivity (Wildman–Crippen MR) is 92.6 cm³/mol. The third kappa shape index (κ3) is 7.45. The number of unbranched alkanes of at least 4 members (excludes halogenated alkanes) is 1. The van der Waals surface area contributed by atoms with Crippen molar-refractivity contribution in [2.24, 2.45) is 0 Å². The molecule has 0 spiro atoms. The molecule has 0 aliphatic rings. The molecule has 0 fully saturated rings. The summed E-state index contributed by atoms with van der Waals surface area (Å²) in [6.07, 6.45) is 1.67. The van der Waals surface area contributed by atoms with Gasteiger partial charge in [-0.05, 0) is 45.7 Å². The van der Waals surface area contributed by atoms with Crippen LogP contribution >= 0.6 is 15.9 Å². The lowest BCUT2D eigenvalue weighted by Crippen LogP contribution is -2.27. The van der Waals surface area contributed by atoms with Crippen LogP contribution in [-0.4, -0.2) is 22.9 Å². The molecule has 122 valence electrons. The number of carbonyl (C=O) groups excluding carboxylic acids is 2. The van der Waals surface area contributed by atoms with E-state index in [0.29, 0.717) is 17.8 Å². The Bertz CT molecular complexity index is 512. The van der Waals surface area contributed by atoms with E-state index in [1.165, 1.54) is 0 Å². The molecule has 0 saturated heterocycles.